The third kappa shape index (κ3) is 7.63. The molecule has 1 aromatic carbocycles. The largest absolute Gasteiger partial charge is 0.377 e. The van der Waals surface area contributed by atoms with Crippen molar-refractivity contribution in [3.8, 4) is 11.1 Å². The van der Waals surface area contributed by atoms with E-state index < -0.39 is 42.2 Å². The number of pyridine rings is 2. The van der Waals surface area contributed by atoms with Gasteiger partial charge < -0.3 is 30.2 Å². The van der Waals surface area contributed by atoms with Crippen LogP contribution in [0.3, 0.4) is 0 Å². The van der Waals surface area contributed by atoms with Crippen LogP contribution in [0.4, 0.5) is 24.8 Å². The number of nitrogens with zero attached hydrogens (tertiary/aromatic N) is 3. The van der Waals surface area contributed by atoms with E-state index >= 15 is 4.39 Å². The average molecular weight is 673 g/mol. The van der Waals surface area contributed by atoms with E-state index in [1.165, 1.54) is 18.2 Å². The molecule has 3 N–H and O–H groups in total. The maximum atomic E-state index is 15.6. The highest BCUT2D eigenvalue weighted by atomic mass is 35.5. The van der Waals surface area contributed by atoms with Gasteiger partial charge in [-0.1, -0.05) is 11.6 Å². The predicted molar refractivity (Wildman–Crippen MR) is 172 cm³/mol. The number of rotatable bonds is 11. The van der Waals surface area contributed by atoms with Crippen LogP contribution in [0.5, 0.6) is 0 Å². The summed E-state index contributed by atoms with van der Waals surface area (Å²) in [7, 11) is 0. The quantitative estimate of drug-likeness (QED) is 0.247. The second-order valence-electron chi connectivity index (χ2n) is 12.7. The van der Waals surface area contributed by atoms with Crippen LogP contribution in [0, 0.1) is 5.82 Å². The van der Waals surface area contributed by atoms with E-state index in [0.29, 0.717) is 13.1 Å². The van der Waals surface area contributed by atoms with Gasteiger partial charge in [-0.3, -0.25) is 14.4 Å². The van der Waals surface area contributed by atoms with Gasteiger partial charge in [-0.25, -0.2) is 18.2 Å². The van der Waals surface area contributed by atoms with E-state index in [0.717, 1.165) is 48.8 Å². The highest BCUT2D eigenvalue weighted by Crippen LogP contribution is 2.36. The fourth-order valence-electron chi connectivity index (χ4n) is 5.88. The lowest BCUT2D eigenvalue weighted by atomic mass is 9.97. The van der Waals surface area contributed by atoms with Crippen LogP contribution in [0.2, 0.25) is 5.02 Å². The molecule has 6 rings (SSSR count). The molecule has 10 nitrogen and oxygen atoms in total. The van der Waals surface area contributed by atoms with Crippen LogP contribution >= 0.6 is 11.6 Å². The van der Waals surface area contributed by atoms with Gasteiger partial charge in [-0.15, -0.1) is 0 Å². The van der Waals surface area contributed by atoms with Crippen molar-refractivity contribution in [3.05, 3.63) is 74.4 Å². The molecule has 3 fully saturated rings. The Hall–Kier alpha value is -3.94. The molecule has 0 unspecified atom stereocenters. The number of amides is 2. The Kier molecular flexibility index (Phi) is 9.32. The fourth-order valence-corrected chi connectivity index (χ4v) is 6.09. The number of ether oxygens (including phenoxy) is 1. The van der Waals surface area contributed by atoms with Crippen molar-refractivity contribution in [2.45, 2.75) is 70.2 Å². The summed E-state index contributed by atoms with van der Waals surface area (Å²) in [5.74, 6) is -5.16. The number of benzene rings is 1. The van der Waals surface area contributed by atoms with Gasteiger partial charge in [0.25, 0.3) is 23.3 Å². The minimum absolute atomic E-state index is 0.0156. The molecule has 250 valence electrons. The molecule has 0 bridgehead atoms. The van der Waals surface area contributed by atoms with Crippen LogP contribution in [-0.4, -0.2) is 70.6 Å². The molecule has 47 heavy (non-hydrogen) atoms. The summed E-state index contributed by atoms with van der Waals surface area (Å²) >= 11 is 6.09. The Labute approximate surface area is 274 Å². The van der Waals surface area contributed by atoms with Gasteiger partial charge in [0.1, 0.15) is 23.0 Å². The van der Waals surface area contributed by atoms with Gasteiger partial charge in [-0.2, -0.15) is 0 Å². The first kappa shape index (κ1) is 33.0. The lowest BCUT2D eigenvalue weighted by molar-refractivity contribution is -0.113. The molecule has 0 spiro atoms. The number of nitrogens with one attached hydrogen (secondary N) is 3. The Balaban J connectivity index is 1.32. The lowest BCUT2D eigenvalue weighted by Crippen LogP contribution is -2.58. The monoisotopic (exact) mass is 672 g/mol. The highest BCUT2D eigenvalue weighted by Gasteiger charge is 2.47. The first-order valence-corrected chi connectivity index (χ1v) is 16.1. The summed E-state index contributed by atoms with van der Waals surface area (Å²) in [5, 5.41) is 9.07. The molecule has 1 atom stereocenters. The standard InChI is InChI=1S/C33H36ClF3N6O4/c1-18(2)39-27-9-20(29-24(11-21(34)12-26(29)35)31(45)42-16-33(36,37)17-42)10-28(40-27)41-30(44)25-8-19(13-38-14-23-4-3-7-47-23)15-43(32(25)46)22-5-6-22/h8-12,15,18,22-23,38H,3-7,13-14,16-17H2,1-2H3,(H2,39,40,41,44)/t23-/m0/s1. The summed E-state index contributed by atoms with van der Waals surface area (Å²) in [5.41, 5.74) is -0.00870. The molecule has 2 amide bonds. The van der Waals surface area contributed by atoms with Gasteiger partial charge in [-0.05, 0) is 81.0 Å². The number of alkyl halides is 2. The molecule has 3 aliphatic rings. The number of carbonyl (C=O) groups is 2. The van der Waals surface area contributed by atoms with E-state index in [1.54, 1.807) is 16.8 Å². The zero-order valence-electron chi connectivity index (χ0n) is 26.0. The van der Waals surface area contributed by atoms with Gasteiger partial charge in [0, 0.05) is 48.6 Å². The van der Waals surface area contributed by atoms with Crippen LogP contribution < -0.4 is 21.5 Å². The second kappa shape index (κ2) is 13.3. The van der Waals surface area contributed by atoms with E-state index in [9.17, 15) is 23.2 Å². The fraction of sp³-hybridized carbons (Fsp3) is 0.455. The molecule has 1 saturated carbocycles. The third-order valence-corrected chi connectivity index (χ3v) is 8.44. The van der Waals surface area contributed by atoms with Crippen molar-refractivity contribution >= 4 is 35.1 Å². The normalized spacial score (nSPS) is 18.7. The Bertz CT molecular complexity index is 1750. The van der Waals surface area contributed by atoms with Crippen molar-refractivity contribution in [2.24, 2.45) is 0 Å². The predicted octanol–water partition coefficient (Wildman–Crippen LogP) is 5.47. The summed E-state index contributed by atoms with van der Waals surface area (Å²) in [6.45, 7) is 3.95. The average Bonchev–Trinajstić information content (AvgIpc) is 3.69. The summed E-state index contributed by atoms with van der Waals surface area (Å²) in [6.07, 6.45) is 5.58. The highest BCUT2D eigenvalue weighted by molar-refractivity contribution is 6.31. The molecule has 2 saturated heterocycles. The van der Waals surface area contributed by atoms with Crippen molar-refractivity contribution < 1.29 is 27.5 Å². The van der Waals surface area contributed by atoms with E-state index in [-0.39, 0.29) is 57.1 Å². The second-order valence-corrected chi connectivity index (χ2v) is 13.1. The van der Waals surface area contributed by atoms with Crippen LogP contribution in [-0.2, 0) is 11.3 Å². The van der Waals surface area contributed by atoms with Crippen LogP contribution in [0.1, 0.15) is 71.9 Å². The minimum Gasteiger partial charge on any atom is -0.377 e. The zero-order chi connectivity index (χ0) is 33.5. The van der Waals surface area contributed by atoms with Gasteiger partial charge in [0.2, 0.25) is 0 Å². The first-order chi connectivity index (χ1) is 22.4. The molecule has 2 aliphatic heterocycles. The number of likely N-dealkylation sites (tertiary alicyclic amines) is 1. The van der Waals surface area contributed by atoms with Gasteiger partial charge in [0.15, 0.2) is 0 Å². The molecule has 14 heteroatoms. The number of halogens is 4. The summed E-state index contributed by atoms with van der Waals surface area (Å²) in [4.78, 5) is 45.7. The number of carbonyl (C=O) groups excluding carboxylic acids is 2. The maximum absolute atomic E-state index is 15.6. The van der Waals surface area contributed by atoms with Crippen molar-refractivity contribution in [1.82, 2.24) is 19.8 Å². The molecule has 1 aliphatic carbocycles. The number of hydrogen-bond acceptors (Lipinski definition) is 7. The summed E-state index contributed by atoms with van der Waals surface area (Å²) in [6, 6.07) is 6.55. The van der Waals surface area contributed by atoms with Crippen molar-refractivity contribution in [1.29, 1.82) is 0 Å². The Morgan fingerprint density at radius 2 is 1.83 bits per heavy atom. The number of anilines is 2. The van der Waals surface area contributed by atoms with E-state index in [2.05, 4.69) is 20.9 Å². The Morgan fingerprint density at radius 3 is 2.49 bits per heavy atom. The molecular weight excluding hydrogens is 637 g/mol. The van der Waals surface area contributed by atoms with Crippen LogP contribution in [0.15, 0.2) is 41.3 Å². The molecular formula is C33H36ClF3N6O4. The number of aromatic nitrogens is 2. The smallest absolute Gasteiger partial charge is 0.282 e. The first-order valence-electron chi connectivity index (χ1n) is 15.7. The Morgan fingerprint density at radius 1 is 1.09 bits per heavy atom. The third-order valence-electron chi connectivity index (χ3n) is 8.22. The van der Waals surface area contributed by atoms with Gasteiger partial charge in [0.05, 0.1) is 24.8 Å². The minimum atomic E-state index is -3.02. The molecule has 3 aromatic rings. The lowest BCUT2D eigenvalue weighted by Gasteiger charge is -2.39. The SMILES string of the molecule is CC(C)Nc1cc(-c2c(F)cc(Cl)cc2C(=O)N2CC(F)(F)C2)cc(NC(=O)c2cc(CNC[C@@H]3CCCO3)cn(C3CC3)c2=O)n1. The zero-order valence-corrected chi connectivity index (χ0v) is 26.8. The van der Waals surface area contributed by atoms with Crippen LogP contribution in [0.25, 0.3) is 11.1 Å². The summed E-state index contributed by atoms with van der Waals surface area (Å²) < 4.78 is 50.1. The van der Waals surface area contributed by atoms with E-state index in [1.807, 2.05) is 13.8 Å². The van der Waals surface area contributed by atoms with Crippen molar-refractivity contribution in [3.63, 3.8) is 0 Å². The molecule has 2 aromatic heterocycles. The van der Waals surface area contributed by atoms with Crippen molar-refractivity contribution in [2.75, 3.05) is 36.9 Å². The maximum Gasteiger partial charge on any atom is 0.282 e. The van der Waals surface area contributed by atoms with Gasteiger partial charge >= 0.3 is 0 Å². The van der Waals surface area contributed by atoms with E-state index in [4.69, 9.17) is 16.3 Å². The molecule has 0 radical (unpaired) electrons. The molecule has 4 heterocycles. The number of hydrogen-bond donors (Lipinski definition) is 3. The topological polar surface area (TPSA) is 118 Å².